The van der Waals surface area contributed by atoms with Crippen LogP contribution in [0.2, 0.25) is 0 Å². The quantitative estimate of drug-likeness (QED) is 0.661. The third-order valence-electron chi connectivity index (χ3n) is 3.14. The van der Waals surface area contributed by atoms with Gasteiger partial charge in [-0.15, -0.1) is 0 Å². The number of fused-ring (bicyclic) bond motifs is 1. The minimum atomic E-state index is 0.636. The van der Waals surface area contributed by atoms with Crippen LogP contribution in [-0.4, -0.2) is 11.3 Å². The number of pyridine rings is 1. The topological polar surface area (TPSA) is 30.0 Å². The lowest BCUT2D eigenvalue weighted by molar-refractivity contribution is 0.112. The van der Waals surface area contributed by atoms with Crippen LogP contribution in [0, 0.1) is 6.92 Å². The van der Waals surface area contributed by atoms with Crippen molar-refractivity contribution in [3.63, 3.8) is 0 Å². The van der Waals surface area contributed by atoms with E-state index in [1.165, 1.54) is 17.3 Å². The third kappa shape index (κ3) is 2.45. The SMILES string of the molecule is Cc1ccccc1Sc1nc2ccccc2cc1C=O. The molecule has 3 rings (SSSR count). The molecule has 0 atom stereocenters. The molecule has 0 radical (unpaired) electrons. The van der Waals surface area contributed by atoms with E-state index in [1.54, 1.807) is 0 Å². The zero-order chi connectivity index (χ0) is 13.9. The normalized spacial score (nSPS) is 10.7. The first-order valence-electron chi connectivity index (χ1n) is 6.36. The first kappa shape index (κ1) is 12.9. The highest BCUT2D eigenvalue weighted by atomic mass is 32.2. The summed E-state index contributed by atoms with van der Waals surface area (Å²) in [5.41, 5.74) is 2.73. The molecule has 0 amide bonds. The number of carbonyl (C=O) groups is 1. The average molecular weight is 279 g/mol. The van der Waals surface area contributed by atoms with E-state index in [-0.39, 0.29) is 0 Å². The van der Waals surface area contributed by atoms with Crippen molar-refractivity contribution in [3.8, 4) is 0 Å². The Labute approximate surface area is 121 Å². The Morgan fingerprint density at radius 3 is 2.60 bits per heavy atom. The number of nitrogens with zero attached hydrogens (tertiary/aromatic N) is 1. The predicted molar refractivity (Wildman–Crippen MR) is 82.4 cm³/mol. The summed E-state index contributed by atoms with van der Waals surface area (Å²) in [7, 11) is 0. The molecule has 98 valence electrons. The van der Waals surface area contributed by atoms with Gasteiger partial charge in [-0.2, -0.15) is 0 Å². The van der Waals surface area contributed by atoms with Crippen molar-refractivity contribution in [3.05, 3.63) is 65.7 Å². The molecule has 3 aromatic rings. The summed E-state index contributed by atoms with van der Waals surface area (Å²) in [6.45, 7) is 2.06. The van der Waals surface area contributed by atoms with Crippen LogP contribution in [0.15, 0.2) is 64.5 Å². The van der Waals surface area contributed by atoms with Crippen LogP contribution >= 0.6 is 11.8 Å². The van der Waals surface area contributed by atoms with Crippen LogP contribution in [0.25, 0.3) is 10.9 Å². The smallest absolute Gasteiger partial charge is 0.152 e. The Morgan fingerprint density at radius 2 is 1.80 bits per heavy atom. The lowest BCUT2D eigenvalue weighted by atomic mass is 10.2. The van der Waals surface area contributed by atoms with Gasteiger partial charge in [0.25, 0.3) is 0 Å². The fourth-order valence-electron chi connectivity index (χ4n) is 2.06. The molecule has 0 aliphatic rings. The Kier molecular flexibility index (Phi) is 3.52. The maximum absolute atomic E-state index is 11.3. The molecule has 0 aliphatic carbocycles. The first-order valence-corrected chi connectivity index (χ1v) is 7.18. The van der Waals surface area contributed by atoms with E-state index in [9.17, 15) is 4.79 Å². The van der Waals surface area contributed by atoms with Gasteiger partial charge >= 0.3 is 0 Å². The molecule has 2 aromatic carbocycles. The van der Waals surface area contributed by atoms with E-state index in [4.69, 9.17) is 0 Å². The molecule has 20 heavy (non-hydrogen) atoms. The summed E-state index contributed by atoms with van der Waals surface area (Å²) >= 11 is 1.54. The van der Waals surface area contributed by atoms with Crippen LogP contribution < -0.4 is 0 Å². The highest BCUT2D eigenvalue weighted by Gasteiger charge is 2.09. The number of rotatable bonds is 3. The summed E-state index contributed by atoms with van der Waals surface area (Å²) in [4.78, 5) is 17.0. The van der Waals surface area contributed by atoms with Gasteiger partial charge in [0, 0.05) is 15.8 Å². The second-order valence-corrected chi connectivity index (χ2v) is 5.59. The Bertz CT molecular complexity index is 783. The Hall–Kier alpha value is -2.13. The van der Waals surface area contributed by atoms with Crippen molar-refractivity contribution in [2.45, 2.75) is 16.8 Å². The minimum Gasteiger partial charge on any atom is -0.298 e. The fourth-order valence-corrected chi connectivity index (χ4v) is 3.01. The second kappa shape index (κ2) is 5.47. The molecule has 0 fully saturated rings. The van der Waals surface area contributed by atoms with E-state index in [0.717, 1.165) is 27.1 Å². The van der Waals surface area contributed by atoms with Crippen LogP contribution in [0.1, 0.15) is 15.9 Å². The molecular weight excluding hydrogens is 266 g/mol. The Morgan fingerprint density at radius 1 is 1.05 bits per heavy atom. The largest absolute Gasteiger partial charge is 0.298 e. The molecule has 1 aromatic heterocycles. The number of aryl methyl sites for hydroxylation is 1. The number of hydrogen-bond acceptors (Lipinski definition) is 3. The van der Waals surface area contributed by atoms with Crippen molar-refractivity contribution in [2.24, 2.45) is 0 Å². The van der Waals surface area contributed by atoms with Gasteiger partial charge in [-0.05, 0) is 30.7 Å². The molecule has 0 spiro atoms. The van der Waals surface area contributed by atoms with Crippen molar-refractivity contribution < 1.29 is 4.79 Å². The predicted octanol–water partition coefficient (Wildman–Crippen LogP) is 4.51. The van der Waals surface area contributed by atoms with E-state index in [2.05, 4.69) is 18.0 Å². The molecule has 0 bridgehead atoms. The molecule has 0 aliphatic heterocycles. The summed E-state index contributed by atoms with van der Waals surface area (Å²) in [5.74, 6) is 0. The van der Waals surface area contributed by atoms with Gasteiger partial charge in [0.1, 0.15) is 5.03 Å². The van der Waals surface area contributed by atoms with Crippen LogP contribution in [-0.2, 0) is 0 Å². The summed E-state index contributed by atoms with van der Waals surface area (Å²) < 4.78 is 0. The molecule has 0 unspecified atom stereocenters. The van der Waals surface area contributed by atoms with E-state index >= 15 is 0 Å². The van der Waals surface area contributed by atoms with Gasteiger partial charge in [0.2, 0.25) is 0 Å². The van der Waals surface area contributed by atoms with Gasteiger partial charge in [0.15, 0.2) is 6.29 Å². The van der Waals surface area contributed by atoms with Crippen LogP contribution in [0.4, 0.5) is 0 Å². The zero-order valence-electron chi connectivity index (χ0n) is 11.0. The zero-order valence-corrected chi connectivity index (χ0v) is 11.9. The van der Waals surface area contributed by atoms with E-state index < -0.39 is 0 Å². The molecule has 1 heterocycles. The summed E-state index contributed by atoms with van der Waals surface area (Å²) in [6.07, 6.45) is 0.875. The van der Waals surface area contributed by atoms with Crippen molar-refractivity contribution in [1.29, 1.82) is 0 Å². The number of aldehydes is 1. The third-order valence-corrected chi connectivity index (χ3v) is 4.34. The van der Waals surface area contributed by atoms with Gasteiger partial charge in [0.05, 0.1) is 5.52 Å². The maximum Gasteiger partial charge on any atom is 0.152 e. The fraction of sp³-hybridized carbons (Fsp3) is 0.0588. The van der Waals surface area contributed by atoms with Gasteiger partial charge < -0.3 is 0 Å². The number of benzene rings is 2. The highest BCUT2D eigenvalue weighted by molar-refractivity contribution is 7.99. The lowest BCUT2D eigenvalue weighted by Gasteiger charge is -2.08. The number of carbonyl (C=O) groups excluding carboxylic acids is 1. The van der Waals surface area contributed by atoms with E-state index in [1.807, 2.05) is 48.5 Å². The molecule has 3 heteroatoms. The molecular formula is C17H13NOS. The van der Waals surface area contributed by atoms with Crippen LogP contribution in [0.3, 0.4) is 0 Å². The molecule has 2 nitrogen and oxygen atoms in total. The monoisotopic (exact) mass is 279 g/mol. The Balaban J connectivity index is 2.10. The summed E-state index contributed by atoms with van der Waals surface area (Å²) in [6, 6.07) is 17.9. The number of para-hydroxylation sites is 1. The first-order chi connectivity index (χ1) is 9.78. The summed E-state index contributed by atoms with van der Waals surface area (Å²) in [5, 5.41) is 1.75. The van der Waals surface area contributed by atoms with E-state index in [0.29, 0.717) is 5.56 Å². The average Bonchev–Trinajstić information content (AvgIpc) is 2.49. The lowest BCUT2D eigenvalue weighted by Crippen LogP contribution is -1.92. The van der Waals surface area contributed by atoms with Crippen molar-refractivity contribution in [2.75, 3.05) is 0 Å². The van der Waals surface area contributed by atoms with Gasteiger partial charge in [-0.1, -0.05) is 48.2 Å². The number of aromatic nitrogens is 1. The molecule has 0 saturated carbocycles. The maximum atomic E-state index is 11.3. The standard InChI is InChI=1S/C17H13NOS/c1-12-6-2-5-9-16(12)20-17-14(11-19)10-13-7-3-4-8-15(13)18-17/h2-11H,1H3. The molecule has 0 saturated heterocycles. The minimum absolute atomic E-state index is 0.636. The van der Waals surface area contributed by atoms with Crippen LogP contribution in [0.5, 0.6) is 0 Å². The second-order valence-electron chi connectivity index (χ2n) is 4.56. The van der Waals surface area contributed by atoms with Crippen molar-refractivity contribution in [1.82, 2.24) is 4.98 Å². The van der Waals surface area contributed by atoms with Gasteiger partial charge in [-0.3, -0.25) is 4.79 Å². The van der Waals surface area contributed by atoms with Gasteiger partial charge in [-0.25, -0.2) is 4.98 Å². The number of hydrogen-bond donors (Lipinski definition) is 0. The van der Waals surface area contributed by atoms with Crippen molar-refractivity contribution >= 4 is 29.0 Å². The molecule has 0 N–H and O–H groups in total. The highest BCUT2D eigenvalue weighted by Crippen LogP contribution is 2.32.